The minimum absolute atomic E-state index is 0.112. The van der Waals surface area contributed by atoms with E-state index in [2.05, 4.69) is 25.1 Å². The molecule has 5 rings (SSSR count). The largest absolute Gasteiger partial charge is 0.480 e. The lowest BCUT2D eigenvalue weighted by molar-refractivity contribution is 0.382. The number of nitrogens with one attached hydrogen (secondary N) is 2. The molecule has 0 fully saturated rings. The first-order chi connectivity index (χ1) is 17.2. The van der Waals surface area contributed by atoms with Crippen molar-refractivity contribution < 1.29 is 26.3 Å². The molecule has 1 aromatic carbocycles. The molecule has 0 bridgehead atoms. The van der Waals surface area contributed by atoms with Crippen molar-refractivity contribution in [2.75, 3.05) is 11.8 Å². The van der Waals surface area contributed by atoms with E-state index < -0.39 is 49.5 Å². The first-order valence-electron chi connectivity index (χ1n) is 10.2. The average Bonchev–Trinajstić information content (AvgIpc) is 3.46. The first kappa shape index (κ1) is 23.3. The van der Waals surface area contributed by atoms with Gasteiger partial charge in [-0.15, -0.1) is 10.2 Å². The topological polar surface area (TPSA) is 127 Å². The number of imidazole rings is 1. The zero-order valence-electron chi connectivity index (χ0n) is 18.6. The van der Waals surface area contributed by atoms with Gasteiger partial charge in [0, 0.05) is 17.8 Å². The minimum Gasteiger partial charge on any atom is -0.480 e. The maximum Gasteiger partial charge on any atom is 0.267 e. The molecule has 0 aliphatic rings. The Morgan fingerprint density at radius 3 is 2.61 bits per heavy atom. The number of aromatic nitrogens is 6. The molecule has 0 saturated heterocycles. The number of methoxy groups -OCH3 is 1. The molecule has 0 atom stereocenters. The van der Waals surface area contributed by atoms with Crippen molar-refractivity contribution in [3.63, 3.8) is 0 Å². The molecular formula is C22H16F3N7O3S. The number of ether oxygens (including phenoxy) is 1. The third kappa shape index (κ3) is 4.00. The van der Waals surface area contributed by atoms with Gasteiger partial charge in [0.05, 0.1) is 30.1 Å². The van der Waals surface area contributed by atoms with Crippen molar-refractivity contribution >= 4 is 21.2 Å². The summed E-state index contributed by atoms with van der Waals surface area (Å²) in [4.78, 5) is 10.2. The van der Waals surface area contributed by atoms with Crippen molar-refractivity contribution in [3.05, 3.63) is 72.3 Å². The van der Waals surface area contributed by atoms with Gasteiger partial charge in [-0.3, -0.25) is 4.72 Å². The zero-order chi connectivity index (χ0) is 25.6. The van der Waals surface area contributed by atoms with Crippen LogP contribution in [0.3, 0.4) is 0 Å². The van der Waals surface area contributed by atoms with E-state index in [9.17, 15) is 17.2 Å². The summed E-state index contributed by atoms with van der Waals surface area (Å²) in [7, 11) is -3.39. The first-order valence-corrected chi connectivity index (χ1v) is 11.7. The fraction of sp³-hybridized carbons (Fsp3) is 0.0909. The Labute approximate surface area is 201 Å². The molecule has 184 valence electrons. The highest BCUT2D eigenvalue weighted by atomic mass is 32.2. The quantitative estimate of drug-likeness (QED) is 0.353. The molecule has 0 aliphatic heterocycles. The minimum atomic E-state index is -4.54. The van der Waals surface area contributed by atoms with Gasteiger partial charge in [0.2, 0.25) is 5.88 Å². The van der Waals surface area contributed by atoms with Gasteiger partial charge in [0.25, 0.3) is 10.0 Å². The summed E-state index contributed by atoms with van der Waals surface area (Å²) in [6.07, 6.45) is 3.65. The van der Waals surface area contributed by atoms with Crippen LogP contribution >= 0.6 is 0 Å². The number of benzene rings is 1. The van der Waals surface area contributed by atoms with Crippen LogP contribution in [0.4, 0.5) is 18.9 Å². The Balaban J connectivity index is 1.55. The van der Waals surface area contributed by atoms with E-state index in [1.807, 2.05) is 4.72 Å². The second kappa shape index (κ2) is 8.64. The number of nitrogens with zero attached hydrogens (tertiary/aromatic N) is 5. The Bertz CT molecular complexity index is 1730. The second-order valence-electron chi connectivity index (χ2n) is 7.61. The van der Waals surface area contributed by atoms with Gasteiger partial charge in [-0.25, -0.2) is 31.6 Å². The maximum absolute atomic E-state index is 15.5. The molecule has 0 saturated carbocycles. The number of hydrogen-bond donors (Lipinski definition) is 2. The third-order valence-corrected chi connectivity index (χ3v) is 6.61. The van der Waals surface area contributed by atoms with E-state index in [4.69, 9.17) is 4.74 Å². The average molecular weight is 515 g/mol. The number of anilines is 1. The Kier molecular flexibility index (Phi) is 5.59. The van der Waals surface area contributed by atoms with Crippen LogP contribution in [-0.4, -0.2) is 45.1 Å². The van der Waals surface area contributed by atoms with Gasteiger partial charge in [-0.2, -0.15) is 0 Å². The number of aromatic amines is 1. The highest BCUT2D eigenvalue weighted by Crippen LogP contribution is 2.33. The van der Waals surface area contributed by atoms with Gasteiger partial charge in [-0.1, -0.05) is 6.07 Å². The number of aryl methyl sites for hydroxylation is 1. The van der Waals surface area contributed by atoms with Crippen LogP contribution in [0.2, 0.25) is 0 Å². The van der Waals surface area contributed by atoms with Crippen LogP contribution in [0.15, 0.2) is 53.9 Å². The van der Waals surface area contributed by atoms with Crippen LogP contribution in [0.5, 0.6) is 5.88 Å². The molecule has 0 unspecified atom stereocenters. The predicted molar refractivity (Wildman–Crippen MR) is 122 cm³/mol. The lowest BCUT2D eigenvalue weighted by atomic mass is 10.0. The number of sulfonamides is 1. The summed E-state index contributed by atoms with van der Waals surface area (Å²) in [5.74, 6) is -2.41. The van der Waals surface area contributed by atoms with Crippen LogP contribution < -0.4 is 9.46 Å². The molecule has 2 N–H and O–H groups in total. The van der Waals surface area contributed by atoms with Gasteiger partial charge in [0.15, 0.2) is 16.5 Å². The van der Waals surface area contributed by atoms with Crippen molar-refractivity contribution in [2.45, 2.75) is 11.8 Å². The summed E-state index contributed by atoms with van der Waals surface area (Å²) in [6, 6.07) is 5.57. The Morgan fingerprint density at radius 1 is 1.08 bits per heavy atom. The highest BCUT2D eigenvalue weighted by molar-refractivity contribution is 7.92. The van der Waals surface area contributed by atoms with Gasteiger partial charge >= 0.3 is 0 Å². The fourth-order valence-electron chi connectivity index (χ4n) is 3.63. The fourth-order valence-corrected chi connectivity index (χ4v) is 4.82. The number of H-pyrrole nitrogens is 1. The Morgan fingerprint density at radius 2 is 1.89 bits per heavy atom. The van der Waals surface area contributed by atoms with Gasteiger partial charge in [-0.05, 0) is 25.1 Å². The summed E-state index contributed by atoms with van der Waals surface area (Å²) in [5, 5.41) is 7.90. The van der Waals surface area contributed by atoms with Crippen molar-refractivity contribution in [1.82, 2.24) is 29.5 Å². The van der Waals surface area contributed by atoms with E-state index in [1.165, 1.54) is 18.6 Å². The molecule has 10 nitrogen and oxygen atoms in total. The summed E-state index contributed by atoms with van der Waals surface area (Å²) >= 11 is 0. The van der Waals surface area contributed by atoms with Crippen molar-refractivity contribution in [2.24, 2.45) is 0 Å². The lowest BCUT2D eigenvalue weighted by Crippen LogP contribution is -2.16. The van der Waals surface area contributed by atoms with Gasteiger partial charge < -0.3 is 14.1 Å². The molecule has 0 aliphatic carbocycles. The van der Waals surface area contributed by atoms with Crippen LogP contribution in [-0.2, 0) is 10.0 Å². The number of rotatable bonds is 6. The molecule has 4 heterocycles. The number of halogens is 3. The van der Waals surface area contributed by atoms with Crippen LogP contribution in [0.1, 0.15) is 5.82 Å². The second-order valence-corrected chi connectivity index (χ2v) is 9.26. The van der Waals surface area contributed by atoms with Crippen molar-refractivity contribution in [3.8, 4) is 28.5 Å². The van der Waals surface area contributed by atoms with Crippen LogP contribution in [0, 0.1) is 24.4 Å². The molecule has 36 heavy (non-hydrogen) atoms. The van der Waals surface area contributed by atoms with E-state index >= 15 is 4.39 Å². The summed E-state index contributed by atoms with van der Waals surface area (Å²) in [5.41, 5.74) is 0.162. The normalized spacial score (nSPS) is 11.7. The highest BCUT2D eigenvalue weighted by Gasteiger charge is 2.25. The number of fused-ring (bicyclic) bond motifs is 1. The third-order valence-electron chi connectivity index (χ3n) is 5.25. The molecule has 0 amide bonds. The maximum atomic E-state index is 15.5. The lowest BCUT2D eigenvalue weighted by Gasteiger charge is -2.14. The molecular weight excluding hydrogens is 499 g/mol. The Hall–Kier alpha value is -4.46. The predicted octanol–water partition coefficient (Wildman–Crippen LogP) is 3.72. The summed E-state index contributed by atoms with van der Waals surface area (Å²) in [6.45, 7) is 1.74. The smallest absolute Gasteiger partial charge is 0.267 e. The SMILES string of the molecule is COc1ncc(F)cc1S(=O)(=O)Nc1ccc(F)c(-c2ccc3c(-c4nnc(C)[nH]4)ncn3c2)c1F. The monoisotopic (exact) mass is 515 g/mol. The van der Waals surface area contributed by atoms with E-state index in [1.54, 1.807) is 17.4 Å². The molecule has 0 radical (unpaired) electrons. The molecule has 5 aromatic rings. The zero-order valence-corrected chi connectivity index (χ0v) is 19.4. The van der Waals surface area contributed by atoms with Gasteiger partial charge in [0.1, 0.15) is 29.5 Å². The van der Waals surface area contributed by atoms with Crippen molar-refractivity contribution in [1.29, 1.82) is 0 Å². The van der Waals surface area contributed by atoms with E-state index in [-0.39, 0.29) is 5.56 Å². The molecule has 14 heteroatoms. The molecule has 0 spiro atoms. The van der Waals surface area contributed by atoms with Crippen LogP contribution in [0.25, 0.3) is 28.2 Å². The standard InChI is InChI=1S/C22H16F3N7O3S/c1-11-28-21(30-29-11)20-16-6-3-12(9-32(16)10-27-20)18-14(24)4-5-15(19(18)25)31-36(33,34)17-7-13(23)8-26-22(17)35-2/h3-10,31H,1-2H3,(H,28,29,30). The molecule has 4 aromatic heterocycles. The summed E-state index contributed by atoms with van der Waals surface area (Å²) < 4.78 is 78.0. The number of pyridine rings is 2. The van der Waals surface area contributed by atoms with E-state index in [0.29, 0.717) is 28.9 Å². The van der Waals surface area contributed by atoms with E-state index in [0.717, 1.165) is 25.4 Å². The number of hydrogen-bond acceptors (Lipinski definition) is 7.